The molecule has 2 aromatic heterocycles. The van der Waals surface area contributed by atoms with Crippen molar-refractivity contribution < 1.29 is 13.9 Å². The Kier molecular flexibility index (Phi) is 5.05. The molecule has 3 atom stereocenters. The first-order chi connectivity index (χ1) is 14.9. The van der Waals surface area contributed by atoms with E-state index in [1.165, 1.54) is 34.8 Å². The molecule has 10 heteroatoms. The van der Waals surface area contributed by atoms with Crippen LogP contribution in [0.2, 0.25) is 0 Å². The number of rotatable bonds is 3. The third-order valence-electron chi connectivity index (χ3n) is 5.62. The van der Waals surface area contributed by atoms with Gasteiger partial charge in [-0.15, -0.1) is 0 Å². The predicted octanol–water partition coefficient (Wildman–Crippen LogP) is 2.39. The molecule has 2 aliphatic rings. The molecule has 0 radical (unpaired) electrons. The molecule has 1 amide bonds. The molecule has 0 spiro atoms. The van der Waals surface area contributed by atoms with E-state index in [1.54, 1.807) is 16.7 Å². The molecular formula is C21H22FN5O3S. The summed E-state index contributed by atoms with van der Waals surface area (Å²) in [6.45, 7) is 5.04. The zero-order valence-electron chi connectivity index (χ0n) is 17.2. The Labute approximate surface area is 182 Å². The van der Waals surface area contributed by atoms with Crippen LogP contribution in [0, 0.1) is 5.82 Å². The second-order valence-corrected chi connectivity index (χ2v) is 9.05. The minimum Gasteiger partial charge on any atom is -0.372 e. The van der Waals surface area contributed by atoms with Gasteiger partial charge in [0, 0.05) is 25.3 Å². The van der Waals surface area contributed by atoms with Gasteiger partial charge in [-0.3, -0.25) is 14.2 Å². The van der Waals surface area contributed by atoms with Gasteiger partial charge in [0.05, 0.1) is 30.1 Å². The SMILES string of the molecule is C[C@@H]1CN(C(=O)C[C@@H]2CSc3nc4c(cnn4-c4ccc(F)cc4)c(=O)n32)C[C@@H](C)O1. The number of carbonyl (C=O) groups excluding carboxylic acids is 1. The standard InChI is InChI=1S/C21H22FN5O3S/c1-12-9-25(10-13(2)30-12)18(28)7-16-11-31-21-24-19-17(20(29)26(16)21)8-23-27(19)15-5-3-14(22)4-6-15/h3-6,8,12-13,16H,7,9-11H2,1-2H3/t12-,13-,16-/m1/s1. The van der Waals surface area contributed by atoms with Gasteiger partial charge in [0.1, 0.15) is 11.2 Å². The van der Waals surface area contributed by atoms with Crippen molar-refractivity contribution in [1.82, 2.24) is 24.2 Å². The van der Waals surface area contributed by atoms with Gasteiger partial charge < -0.3 is 9.64 Å². The molecule has 0 saturated carbocycles. The maximum Gasteiger partial charge on any atom is 0.265 e. The molecule has 162 valence electrons. The van der Waals surface area contributed by atoms with E-state index in [1.807, 2.05) is 18.7 Å². The fourth-order valence-electron chi connectivity index (χ4n) is 4.26. The Morgan fingerprint density at radius 3 is 2.65 bits per heavy atom. The third kappa shape index (κ3) is 3.63. The zero-order chi connectivity index (χ0) is 21.7. The molecular weight excluding hydrogens is 421 g/mol. The molecule has 3 aromatic rings. The van der Waals surface area contributed by atoms with E-state index in [0.717, 1.165) is 0 Å². The number of amides is 1. The van der Waals surface area contributed by atoms with Crippen molar-refractivity contribution in [3.05, 3.63) is 46.6 Å². The van der Waals surface area contributed by atoms with E-state index in [2.05, 4.69) is 10.1 Å². The Morgan fingerprint density at radius 1 is 1.23 bits per heavy atom. The van der Waals surface area contributed by atoms with Crippen LogP contribution >= 0.6 is 11.8 Å². The number of benzene rings is 1. The number of hydrogen-bond donors (Lipinski definition) is 0. The molecule has 0 bridgehead atoms. The highest BCUT2D eigenvalue weighted by atomic mass is 32.2. The van der Waals surface area contributed by atoms with E-state index in [-0.39, 0.29) is 42.0 Å². The first-order valence-corrected chi connectivity index (χ1v) is 11.2. The number of ether oxygens (including phenoxy) is 1. The largest absolute Gasteiger partial charge is 0.372 e. The number of carbonyl (C=O) groups is 1. The molecule has 0 unspecified atom stereocenters. The van der Waals surface area contributed by atoms with Crippen molar-refractivity contribution >= 4 is 28.7 Å². The Hall–Kier alpha value is -2.72. The minimum absolute atomic E-state index is 0.000691. The fourth-order valence-corrected chi connectivity index (χ4v) is 5.39. The summed E-state index contributed by atoms with van der Waals surface area (Å²) in [5.41, 5.74) is 0.844. The van der Waals surface area contributed by atoms with Crippen LogP contribution in [0.3, 0.4) is 0 Å². The molecule has 1 aromatic carbocycles. The van der Waals surface area contributed by atoms with Crippen molar-refractivity contribution in [2.24, 2.45) is 0 Å². The van der Waals surface area contributed by atoms with E-state index in [4.69, 9.17) is 4.74 Å². The smallest absolute Gasteiger partial charge is 0.265 e. The molecule has 8 nitrogen and oxygen atoms in total. The number of thioether (sulfide) groups is 1. The summed E-state index contributed by atoms with van der Waals surface area (Å²) < 4.78 is 22.1. The summed E-state index contributed by atoms with van der Waals surface area (Å²) in [6, 6.07) is 5.61. The van der Waals surface area contributed by atoms with Crippen LogP contribution in [-0.2, 0) is 9.53 Å². The molecule has 31 heavy (non-hydrogen) atoms. The highest BCUT2D eigenvalue weighted by molar-refractivity contribution is 7.99. The summed E-state index contributed by atoms with van der Waals surface area (Å²) >= 11 is 1.46. The zero-order valence-corrected chi connectivity index (χ0v) is 18.0. The molecule has 1 fully saturated rings. The molecule has 1 saturated heterocycles. The van der Waals surface area contributed by atoms with Crippen molar-refractivity contribution in [3.63, 3.8) is 0 Å². The quantitative estimate of drug-likeness (QED) is 0.578. The monoisotopic (exact) mass is 443 g/mol. The normalized spacial score (nSPS) is 23.3. The van der Waals surface area contributed by atoms with Gasteiger partial charge in [-0.2, -0.15) is 5.10 Å². The van der Waals surface area contributed by atoms with Gasteiger partial charge in [0.2, 0.25) is 5.91 Å². The number of morpholine rings is 1. The average molecular weight is 444 g/mol. The van der Waals surface area contributed by atoms with Crippen LogP contribution in [0.4, 0.5) is 4.39 Å². The number of aromatic nitrogens is 4. The second-order valence-electron chi connectivity index (χ2n) is 8.06. The topological polar surface area (TPSA) is 82.3 Å². The number of nitrogens with zero attached hydrogens (tertiary/aromatic N) is 5. The maximum atomic E-state index is 13.3. The van der Waals surface area contributed by atoms with E-state index < -0.39 is 0 Å². The van der Waals surface area contributed by atoms with Crippen LogP contribution < -0.4 is 5.56 Å². The van der Waals surface area contributed by atoms with Crippen LogP contribution in [0.1, 0.15) is 26.3 Å². The third-order valence-corrected chi connectivity index (χ3v) is 6.72. The van der Waals surface area contributed by atoms with Crippen molar-refractivity contribution in [3.8, 4) is 5.69 Å². The van der Waals surface area contributed by atoms with Gasteiger partial charge >= 0.3 is 0 Å². The Bertz CT molecular complexity index is 1200. The predicted molar refractivity (Wildman–Crippen MR) is 114 cm³/mol. The lowest BCUT2D eigenvalue weighted by atomic mass is 10.1. The van der Waals surface area contributed by atoms with Crippen molar-refractivity contribution in [1.29, 1.82) is 0 Å². The molecule has 2 aliphatic heterocycles. The summed E-state index contributed by atoms with van der Waals surface area (Å²) in [7, 11) is 0. The first kappa shape index (κ1) is 20.2. The minimum atomic E-state index is -0.346. The van der Waals surface area contributed by atoms with Gasteiger partial charge in [-0.05, 0) is 38.1 Å². The fraction of sp³-hybridized carbons (Fsp3) is 0.429. The lowest BCUT2D eigenvalue weighted by Gasteiger charge is -2.35. The number of hydrogen-bond acceptors (Lipinski definition) is 6. The van der Waals surface area contributed by atoms with Crippen LogP contribution in [0.15, 0.2) is 40.4 Å². The van der Waals surface area contributed by atoms with Crippen LogP contribution in [0.25, 0.3) is 16.7 Å². The number of halogens is 1. The summed E-state index contributed by atoms with van der Waals surface area (Å²) in [5, 5.41) is 5.24. The molecule has 4 heterocycles. The van der Waals surface area contributed by atoms with E-state index in [0.29, 0.717) is 40.7 Å². The Morgan fingerprint density at radius 2 is 1.94 bits per heavy atom. The molecule has 0 N–H and O–H groups in total. The van der Waals surface area contributed by atoms with Crippen LogP contribution in [-0.4, -0.2) is 61.2 Å². The van der Waals surface area contributed by atoms with Crippen LogP contribution in [0.5, 0.6) is 0 Å². The van der Waals surface area contributed by atoms with Gasteiger partial charge in [-0.1, -0.05) is 11.8 Å². The second kappa shape index (κ2) is 7.76. The average Bonchev–Trinajstić information content (AvgIpc) is 3.33. The molecule has 0 aliphatic carbocycles. The lowest BCUT2D eigenvalue weighted by Crippen LogP contribution is -2.48. The van der Waals surface area contributed by atoms with Crippen molar-refractivity contribution in [2.75, 3.05) is 18.8 Å². The van der Waals surface area contributed by atoms with Gasteiger partial charge in [-0.25, -0.2) is 14.1 Å². The first-order valence-electron chi connectivity index (χ1n) is 10.2. The summed E-state index contributed by atoms with van der Waals surface area (Å²) in [4.78, 5) is 32.6. The summed E-state index contributed by atoms with van der Waals surface area (Å²) in [5.74, 6) is 0.288. The van der Waals surface area contributed by atoms with Gasteiger partial charge in [0.15, 0.2) is 10.8 Å². The van der Waals surface area contributed by atoms with Gasteiger partial charge in [0.25, 0.3) is 5.56 Å². The summed E-state index contributed by atoms with van der Waals surface area (Å²) in [6.07, 6.45) is 1.73. The highest BCUT2D eigenvalue weighted by Crippen LogP contribution is 2.34. The van der Waals surface area contributed by atoms with E-state index >= 15 is 0 Å². The number of fused-ring (bicyclic) bond motifs is 2. The van der Waals surface area contributed by atoms with E-state index in [9.17, 15) is 14.0 Å². The highest BCUT2D eigenvalue weighted by Gasteiger charge is 2.33. The van der Waals surface area contributed by atoms with Crippen molar-refractivity contribution in [2.45, 2.75) is 43.7 Å². The Balaban J connectivity index is 1.45. The lowest BCUT2D eigenvalue weighted by molar-refractivity contribution is -0.143. The maximum absolute atomic E-state index is 13.3. The molecule has 5 rings (SSSR count).